The fourth-order valence-corrected chi connectivity index (χ4v) is 2.90. The summed E-state index contributed by atoms with van der Waals surface area (Å²) in [5, 5.41) is 22.0. The fourth-order valence-electron chi connectivity index (χ4n) is 2.17. The molecule has 0 aliphatic heterocycles. The standard InChI is InChI=1S/C17H13ClN4O4S/c1-10-13(18)3-2-4-14(10)19-15(23)9-27-17-21-20-16(26-17)11-5-7-12(8-6-11)22(24)25/h2-8H,9H2,1H3,(H,19,23). The molecule has 1 heterocycles. The molecule has 0 bridgehead atoms. The number of benzene rings is 2. The Labute approximate surface area is 163 Å². The zero-order valence-corrected chi connectivity index (χ0v) is 15.6. The van der Waals surface area contributed by atoms with E-state index in [9.17, 15) is 14.9 Å². The van der Waals surface area contributed by atoms with Gasteiger partial charge in [-0.15, -0.1) is 10.2 Å². The molecular weight excluding hydrogens is 392 g/mol. The van der Waals surface area contributed by atoms with E-state index in [2.05, 4.69) is 15.5 Å². The van der Waals surface area contributed by atoms with Crippen LogP contribution in [0.1, 0.15) is 5.56 Å². The molecule has 0 atom stereocenters. The van der Waals surface area contributed by atoms with Gasteiger partial charge in [-0.2, -0.15) is 0 Å². The lowest BCUT2D eigenvalue weighted by Crippen LogP contribution is -2.14. The van der Waals surface area contributed by atoms with Gasteiger partial charge in [0.25, 0.3) is 10.9 Å². The van der Waals surface area contributed by atoms with Crippen LogP contribution in [0, 0.1) is 17.0 Å². The Morgan fingerprint density at radius 2 is 2.00 bits per heavy atom. The second kappa shape index (κ2) is 8.19. The van der Waals surface area contributed by atoms with Gasteiger partial charge in [-0.25, -0.2) is 0 Å². The number of anilines is 1. The average Bonchev–Trinajstić information content (AvgIpc) is 3.13. The van der Waals surface area contributed by atoms with Crippen molar-refractivity contribution in [2.24, 2.45) is 0 Å². The van der Waals surface area contributed by atoms with Gasteiger partial charge in [0, 0.05) is 28.4 Å². The molecule has 0 unspecified atom stereocenters. The molecule has 10 heteroatoms. The number of hydrogen-bond donors (Lipinski definition) is 1. The molecule has 0 saturated carbocycles. The molecule has 0 fully saturated rings. The van der Waals surface area contributed by atoms with Crippen molar-refractivity contribution >= 4 is 40.6 Å². The number of nitro groups is 1. The molecule has 138 valence electrons. The molecule has 8 nitrogen and oxygen atoms in total. The van der Waals surface area contributed by atoms with Crippen LogP contribution in [0.3, 0.4) is 0 Å². The molecule has 1 N–H and O–H groups in total. The number of rotatable bonds is 6. The van der Waals surface area contributed by atoms with E-state index in [1.807, 2.05) is 6.92 Å². The van der Waals surface area contributed by atoms with Crippen molar-refractivity contribution in [1.82, 2.24) is 10.2 Å². The van der Waals surface area contributed by atoms with Crippen LogP contribution in [0.2, 0.25) is 5.02 Å². The van der Waals surface area contributed by atoms with Crippen LogP contribution in [-0.4, -0.2) is 26.8 Å². The maximum Gasteiger partial charge on any atom is 0.277 e. The minimum Gasteiger partial charge on any atom is -0.411 e. The Morgan fingerprint density at radius 3 is 2.70 bits per heavy atom. The van der Waals surface area contributed by atoms with E-state index in [4.69, 9.17) is 16.0 Å². The highest BCUT2D eigenvalue weighted by Crippen LogP contribution is 2.26. The summed E-state index contributed by atoms with van der Waals surface area (Å²) >= 11 is 7.12. The number of carbonyl (C=O) groups excluding carboxylic acids is 1. The van der Waals surface area contributed by atoms with Gasteiger partial charge in [0.05, 0.1) is 10.7 Å². The highest BCUT2D eigenvalue weighted by atomic mass is 35.5. The van der Waals surface area contributed by atoms with Crippen LogP contribution in [0.15, 0.2) is 52.1 Å². The Bertz CT molecular complexity index is 991. The predicted octanol–water partition coefficient (Wildman–Crippen LogP) is 4.34. The first-order valence-electron chi connectivity index (χ1n) is 7.70. The van der Waals surface area contributed by atoms with Gasteiger partial charge >= 0.3 is 0 Å². The van der Waals surface area contributed by atoms with Crippen LogP contribution in [0.4, 0.5) is 11.4 Å². The topological polar surface area (TPSA) is 111 Å². The first kappa shape index (κ1) is 18.9. The lowest BCUT2D eigenvalue weighted by molar-refractivity contribution is -0.384. The van der Waals surface area contributed by atoms with Crippen LogP contribution in [0.5, 0.6) is 0 Å². The summed E-state index contributed by atoms with van der Waals surface area (Å²) in [6.45, 7) is 1.82. The van der Waals surface area contributed by atoms with E-state index in [1.54, 1.807) is 18.2 Å². The van der Waals surface area contributed by atoms with E-state index >= 15 is 0 Å². The van der Waals surface area contributed by atoms with Gasteiger partial charge < -0.3 is 9.73 Å². The summed E-state index contributed by atoms with van der Waals surface area (Å²) in [4.78, 5) is 22.3. The smallest absolute Gasteiger partial charge is 0.277 e. The lowest BCUT2D eigenvalue weighted by Gasteiger charge is -2.08. The number of aromatic nitrogens is 2. The Balaban J connectivity index is 1.60. The molecule has 0 aliphatic carbocycles. The van der Waals surface area contributed by atoms with Crippen molar-refractivity contribution < 1.29 is 14.1 Å². The van der Waals surface area contributed by atoms with Crippen molar-refractivity contribution in [2.75, 3.05) is 11.1 Å². The van der Waals surface area contributed by atoms with Crippen molar-refractivity contribution in [1.29, 1.82) is 0 Å². The van der Waals surface area contributed by atoms with Gasteiger partial charge in [0.15, 0.2) is 0 Å². The van der Waals surface area contributed by atoms with E-state index in [0.717, 1.165) is 17.3 Å². The Hall–Kier alpha value is -2.91. The molecule has 1 amide bonds. The second-order valence-electron chi connectivity index (χ2n) is 5.43. The molecular formula is C17H13ClN4O4S. The van der Waals surface area contributed by atoms with Crippen molar-refractivity contribution in [2.45, 2.75) is 12.1 Å². The maximum absolute atomic E-state index is 12.1. The maximum atomic E-state index is 12.1. The molecule has 3 rings (SSSR count). The molecule has 27 heavy (non-hydrogen) atoms. The van der Waals surface area contributed by atoms with Gasteiger partial charge in [-0.3, -0.25) is 14.9 Å². The highest BCUT2D eigenvalue weighted by Gasteiger charge is 2.13. The molecule has 2 aromatic carbocycles. The number of thioether (sulfide) groups is 1. The lowest BCUT2D eigenvalue weighted by atomic mass is 10.2. The van der Waals surface area contributed by atoms with Crippen LogP contribution >= 0.6 is 23.4 Å². The monoisotopic (exact) mass is 404 g/mol. The number of nitro benzene ring substituents is 1. The summed E-state index contributed by atoms with van der Waals surface area (Å²) in [5.74, 6) is 0.0624. The van der Waals surface area contributed by atoms with Crippen LogP contribution < -0.4 is 5.32 Å². The zero-order valence-electron chi connectivity index (χ0n) is 14.0. The number of nitrogens with zero attached hydrogens (tertiary/aromatic N) is 3. The third kappa shape index (κ3) is 4.63. The normalized spacial score (nSPS) is 10.6. The van der Waals surface area contributed by atoms with Gasteiger partial charge in [-0.05, 0) is 36.8 Å². The fraction of sp³-hybridized carbons (Fsp3) is 0.118. The number of non-ortho nitro benzene ring substituents is 1. The number of hydrogen-bond acceptors (Lipinski definition) is 7. The van der Waals surface area contributed by atoms with E-state index in [0.29, 0.717) is 16.3 Å². The largest absolute Gasteiger partial charge is 0.411 e. The van der Waals surface area contributed by atoms with Gasteiger partial charge in [0.2, 0.25) is 11.8 Å². The van der Waals surface area contributed by atoms with Crippen molar-refractivity contribution in [3.63, 3.8) is 0 Å². The first-order valence-corrected chi connectivity index (χ1v) is 9.06. The quantitative estimate of drug-likeness (QED) is 0.369. The number of halogens is 1. The van der Waals surface area contributed by atoms with E-state index < -0.39 is 4.92 Å². The molecule has 0 spiro atoms. The highest BCUT2D eigenvalue weighted by molar-refractivity contribution is 7.99. The van der Waals surface area contributed by atoms with Crippen molar-refractivity contribution in [3.8, 4) is 11.5 Å². The molecule has 3 aromatic rings. The minimum atomic E-state index is -0.487. The number of carbonyl (C=O) groups is 1. The summed E-state index contributed by atoms with van der Waals surface area (Å²) in [5.41, 5.74) is 1.96. The molecule has 0 aliphatic rings. The summed E-state index contributed by atoms with van der Waals surface area (Å²) in [7, 11) is 0. The van der Waals surface area contributed by atoms with E-state index in [-0.39, 0.29) is 28.5 Å². The molecule has 1 aromatic heterocycles. The average molecular weight is 405 g/mol. The minimum absolute atomic E-state index is 0.0270. The summed E-state index contributed by atoms with van der Waals surface area (Å²) in [6.07, 6.45) is 0. The number of amides is 1. The molecule has 0 radical (unpaired) electrons. The van der Waals surface area contributed by atoms with Gasteiger partial charge in [0.1, 0.15) is 0 Å². The SMILES string of the molecule is Cc1c(Cl)cccc1NC(=O)CSc1nnc(-c2ccc([N+](=O)[O-])cc2)o1. The zero-order chi connectivity index (χ0) is 19.4. The predicted molar refractivity (Wildman–Crippen MR) is 102 cm³/mol. The van der Waals surface area contributed by atoms with Crippen LogP contribution in [-0.2, 0) is 4.79 Å². The first-order chi connectivity index (χ1) is 12.9. The van der Waals surface area contributed by atoms with Crippen molar-refractivity contribution in [3.05, 3.63) is 63.2 Å². The molecule has 0 saturated heterocycles. The Kier molecular flexibility index (Phi) is 5.72. The Morgan fingerprint density at radius 1 is 1.26 bits per heavy atom. The number of nitrogens with one attached hydrogen (secondary N) is 1. The van der Waals surface area contributed by atoms with E-state index in [1.165, 1.54) is 24.3 Å². The van der Waals surface area contributed by atoms with Crippen LogP contribution in [0.25, 0.3) is 11.5 Å². The third-order valence-electron chi connectivity index (χ3n) is 3.60. The summed E-state index contributed by atoms with van der Waals surface area (Å²) in [6, 6.07) is 11.0. The second-order valence-corrected chi connectivity index (χ2v) is 6.76. The van der Waals surface area contributed by atoms with Gasteiger partial charge in [-0.1, -0.05) is 29.4 Å². The summed E-state index contributed by atoms with van der Waals surface area (Å²) < 4.78 is 5.48. The third-order valence-corrected chi connectivity index (χ3v) is 4.83.